The zero-order valence-corrected chi connectivity index (χ0v) is 16.8. The Morgan fingerprint density at radius 3 is 2.41 bits per heavy atom. The predicted octanol–water partition coefficient (Wildman–Crippen LogP) is 1.89. The van der Waals surface area contributed by atoms with Crippen molar-refractivity contribution in [3.8, 4) is 0 Å². The molecule has 1 aromatic rings. The zero-order valence-electron chi connectivity index (χ0n) is 15.9. The summed E-state index contributed by atoms with van der Waals surface area (Å²) in [6, 6.07) is 6.12. The topological polar surface area (TPSA) is 115 Å². The van der Waals surface area contributed by atoms with E-state index in [0.29, 0.717) is 13.0 Å². The Bertz CT molecular complexity index is 738. The van der Waals surface area contributed by atoms with E-state index in [9.17, 15) is 13.2 Å². The lowest BCUT2D eigenvalue weighted by Crippen LogP contribution is -2.51. The van der Waals surface area contributed by atoms with Gasteiger partial charge < -0.3 is 16.8 Å². The van der Waals surface area contributed by atoms with Crippen molar-refractivity contribution in [2.45, 2.75) is 61.8 Å². The molecule has 6 nitrogen and oxygen atoms in total. The van der Waals surface area contributed by atoms with Crippen LogP contribution < -0.4 is 16.8 Å². The largest absolute Gasteiger partial charge is 0.352 e. The first-order chi connectivity index (χ1) is 12.9. The Hall–Kier alpha value is -1.70. The van der Waals surface area contributed by atoms with E-state index in [4.69, 9.17) is 11.5 Å². The van der Waals surface area contributed by atoms with Crippen LogP contribution in [0.5, 0.6) is 0 Å². The minimum atomic E-state index is -3.67. The summed E-state index contributed by atoms with van der Waals surface area (Å²) in [5, 5.41) is 1.67. The van der Waals surface area contributed by atoms with Gasteiger partial charge in [-0.2, -0.15) is 0 Å². The van der Waals surface area contributed by atoms with E-state index in [0.717, 1.165) is 31.2 Å². The molecule has 150 valence electrons. The molecule has 2 atom stereocenters. The maximum atomic E-state index is 12.8. The normalized spacial score (nSPS) is 18.3. The van der Waals surface area contributed by atoms with Crippen LogP contribution in [-0.2, 0) is 21.1 Å². The predicted molar refractivity (Wildman–Crippen MR) is 108 cm³/mol. The number of nitrogens with one attached hydrogen (secondary N) is 1. The van der Waals surface area contributed by atoms with Crippen LogP contribution in [0.2, 0.25) is 0 Å². The van der Waals surface area contributed by atoms with E-state index in [1.165, 1.54) is 12.5 Å². The molecule has 1 aliphatic carbocycles. The molecule has 1 fully saturated rings. The van der Waals surface area contributed by atoms with Crippen molar-refractivity contribution < 1.29 is 13.2 Å². The third kappa shape index (κ3) is 5.89. The Kier molecular flexibility index (Phi) is 8.01. The van der Waals surface area contributed by atoms with Crippen LogP contribution in [0.25, 0.3) is 0 Å². The van der Waals surface area contributed by atoms with E-state index >= 15 is 0 Å². The van der Waals surface area contributed by atoms with Gasteiger partial charge in [-0.05, 0) is 55.9 Å². The maximum Gasteiger partial charge on any atom is 0.243 e. The molecule has 0 bridgehead atoms. The van der Waals surface area contributed by atoms with Gasteiger partial charge in [0.25, 0.3) is 0 Å². The lowest BCUT2D eigenvalue weighted by molar-refractivity contribution is -0.116. The molecule has 2 unspecified atom stereocenters. The molecule has 5 N–H and O–H groups in total. The van der Waals surface area contributed by atoms with Gasteiger partial charge in [0.1, 0.15) is 5.37 Å². The van der Waals surface area contributed by atoms with Crippen molar-refractivity contribution in [2.75, 3.05) is 6.54 Å². The molecular weight excluding hydrogens is 362 g/mol. The number of amides is 1. The minimum absolute atomic E-state index is 0.139. The first kappa shape index (κ1) is 21.6. The van der Waals surface area contributed by atoms with E-state index in [1.54, 1.807) is 37.3 Å². The van der Waals surface area contributed by atoms with E-state index in [2.05, 4.69) is 5.32 Å². The lowest BCUT2D eigenvalue weighted by atomic mass is 9.84. The second-order valence-electron chi connectivity index (χ2n) is 7.17. The Balaban J connectivity index is 1.98. The molecule has 1 saturated carbocycles. The van der Waals surface area contributed by atoms with Crippen LogP contribution >= 0.6 is 0 Å². The molecule has 0 aliphatic heterocycles. The van der Waals surface area contributed by atoms with Gasteiger partial charge in [0.05, 0.1) is 4.90 Å². The molecule has 27 heavy (non-hydrogen) atoms. The summed E-state index contributed by atoms with van der Waals surface area (Å²) in [5.74, 6) is 0.0305. The number of carbonyl (C=O) groups excluding carboxylic acids is 1. The van der Waals surface area contributed by atoms with Gasteiger partial charge >= 0.3 is 0 Å². The number of hydrogen-bond acceptors (Lipinski definition) is 5. The third-order valence-electron chi connectivity index (χ3n) is 5.21. The zero-order chi connectivity index (χ0) is 19.9. The fraction of sp³-hybridized carbons (Fsp3) is 0.550. The van der Waals surface area contributed by atoms with E-state index < -0.39 is 21.3 Å². The lowest BCUT2D eigenvalue weighted by Gasteiger charge is -2.31. The summed E-state index contributed by atoms with van der Waals surface area (Å²) in [4.78, 5) is 11.6. The molecule has 0 saturated heterocycles. The highest BCUT2D eigenvalue weighted by Gasteiger charge is 2.34. The SMILES string of the molecule is C/C=C/C(=O)NCCc1ccc(S(=O)(=O)C(N)C(N)C2CCCCC2)cc1. The number of rotatable bonds is 8. The fourth-order valence-corrected chi connectivity index (χ4v) is 5.00. The van der Waals surface area contributed by atoms with Crippen LogP contribution in [0.4, 0.5) is 0 Å². The average Bonchev–Trinajstić information content (AvgIpc) is 2.68. The highest BCUT2D eigenvalue weighted by atomic mass is 32.2. The van der Waals surface area contributed by atoms with E-state index in [-0.39, 0.29) is 16.7 Å². The van der Waals surface area contributed by atoms with Crippen LogP contribution in [0, 0.1) is 5.92 Å². The highest BCUT2D eigenvalue weighted by Crippen LogP contribution is 2.29. The number of allylic oxidation sites excluding steroid dienone is 1. The maximum absolute atomic E-state index is 12.8. The Morgan fingerprint density at radius 1 is 1.19 bits per heavy atom. The summed E-state index contributed by atoms with van der Waals surface area (Å²) in [6.07, 6.45) is 9.02. The number of hydrogen-bond donors (Lipinski definition) is 3. The van der Waals surface area contributed by atoms with Gasteiger partial charge in [-0.3, -0.25) is 4.79 Å². The van der Waals surface area contributed by atoms with E-state index in [1.807, 2.05) is 0 Å². The van der Waals surface area contributed by atoms with Crippen LogP contribution in [0.1, 0.15) is 44.6 Å². The van der Waals surface area contributed by atoms with Crippen molar-refractivity contribution in [1.82, 2.24) is 5.32 Å². The van der Waals surface area contributed by atoms with Gasteiger partial charge in [-0.15, -0.1) is 0 Å². The average molecular weight is 394 g/mol. The smallest absolute Gasteiger partial charge is 0.243 e. The Labute approximate surface area is 162 Å². The number of benzene rings is 1. The first-order valence-corrected chi connectivity index (χ1v) is 11.2. The minimum Gasteiger partial charge on any atom is -0.352 e. The summed E-state index contributed by atoms with van der Waals surface area (Å²) in [5.41, 5.74) is 13.2. The number of sulfone groups is 1. The summed E-state index contributed by atoms with van der Waals surface area (Å²) >= 11 is 0. The van der Waals surface area contributed by atoms with Crippen molar-refractivity contribution in [1.29, 1.82) is 0 Å². The summed E-state index contributed by atoms with van der Waals surface area (Å²) in [7, 11) is -3.67. The molecule has 2 rings (SSSR count). The molecule has 1 aromatic carbocycles. The van der Waals surface area contributed by atoms with Crippen molar-refractivity contribution in [2.24, 2.45) is 17.4 Å². The van der Waals surface area contributed by atoms with Crippen molar-refractivity contribution in [3.63, 3.8) is 0 Å². The van der Waals surface area contributed by atoms with Crippen molar-refractivity contribution in [3.05, 3.63) is 42.0 Å². The second-order valence-corrected chi connectivity index (χ2v) is 9.28. The summed E-state index contributed by atoms with van der Waals surface area (Å²) in [6.45, 7) is 2.27. The van der Waals surface area contributed by atoms with Gasteiger partial charge in [-0.25, -0.2) is 8.42 Å². The Morgan fingerprint density at radius 2 is 1.81 bits per heavy atom. The first-order valence-electron chi connectivity index (χ1n) is 9.60. The number of nitrogens with two attached hydrogens (primary N) is 2. The monoisotopic (exact) mass is 393 g/mol. The molecular formula is C20H31N3O3S. The van der Waals surface area contributed by atoms with Gasteiger partial charge in [0.2, 0.25) is 5.91 Å². The molecule has 0 aromatic heterocycles. The number of carbonyl (C=O) groups is 1. The van der Waals surface area contributed by atoms with Crippen LogP contribution in [0.3, 0.4) is 0 Å². The molecule has 1 aliphatic rings. The standard InChI is InChI=1S/C20H31N3O3S/c1-2-6-18(24)23-14-13-15-9-11-17(12-10-15)27(25,26)20(22)19(21)16-7-4-3-5-8-16/h2,6,9-12,16,19-20H,3-5,7-8,13-14,21-22H2,1H3,(H,23,24)/b6-2+. The quantitative estimate of drug-likeness (QED) is 0.583. The highest BCUT2D eigenvalue weighted by molar-refractivity contribution is 7.92. The van der Waals surface area contributed by atoms with Crippen molar-refractivity contribution >= 4 is 15.7 Å². The fourth-order valence-electron chi connectivity index (χ4n) is 3.54. The third-order valence-corrected chi connectivity index (χ3v) is 7.17. The summed E-state index contributed by atoms with van der Waals surface area (Å²) < 4.78 is 25.7. The molecule has 1 amide bonds. The van der Waals surface area contributed by atoms with Crippen LogP contribution in [-0.4, -0.2) is 32.3 Å². The molecule has 0 heterocycles. The molecule has 0 spiro atoms. The molecule has 7 heteroatoms. The van der Waals surface area contributed by atoms with Gasteiger partial charge in [0.15, 0.2) is 9.84 Å². The van der Waals surface area contributed by atoms with Crippen LogP contribution in [0.15, 0.2) is 41.3 Å². The van der Waals surface area contributed by atoms with Gasteiger partial charge in [0, 0.05) is 12.6 Å². The van der Waals surface area contributed by atoms with Gasteiger partial charge in [-0.1, -0.05) is 37.5 Å². The molecule has 0 radical (unpaired) electrons. The second kappa shape index (κ2) is 10.0.